The fraction of sp³-hybridized carbons (Fsp3) is 0.455. The quantitative estimate of drug-likeness (QED) is 0.838. The third-order valence-electron chi connectivity index (χ3n) is 2.80. The van der Waals surface area contributed by atoms with Crippen molar-refractivity contribution in [3.8, 4) is 0 Å². The molecule has 2 rings (SSSR count). The van der Waals surface area contributed by atoms with Crippen LogP contribution in [-0.2, 0) is 5.54 Å². The van der Waals surface area contributed by atoms with Crippen molar-refractivity contribution in [2.45, 2.75) is 28.2 Å². The Morgan fingerprint density at radius 2 is 1.93 bits per heavy atom. The second kappa shape index (κ2) is 4.21. The summed E-state index contributed by atoms with van der Waals surface area (Å²) in [6.07, 6.45) is 6.28. The molecule has 1 aliphatic rings. The Labute approximate surface area is 104 Å². The van der Waals surface area contributed by atoms with Crippen molar-refractivity contribution in [3.63, 3.8) is 0 Å². The van der Waals surface area contributed by atoms with E-state index in [-0.39, 0.29) is 5.54 Å². The van der Waals surface area contributed by atoms with Gasteiger partial charge in [0.25, 0.3) is 0 Å². The Kier molecular flexibility index (Phi) is 3.27. The van der Waals surface area contributed by atoms with E-state index in [0.29, 0.717) is 0 Å². The molecule has 0 atom stereocenters. The molecule has 1 aromatic carbocycles. The van der Waals surface area contributed by atoms with Crippen LogP contribution in [0.1, 0.15) is 18.4 Å². The zero-order chi connectivity index (χ0) is 11.1. The van der Waals surface area contributed by atoms with Crippen molar-refractivity contribution in [2.24, 2.45) is 5.73 Å². The van der Waals surface area contributed by atoms with Crippen LogP contribution >= 0.6 is 35.1 Å². The molecule has 0 aromatic heterocycles. The first-order valence-electron chi connectivity index (χ1n) is 4.81. The van der Waals surface area contributed by atoms with Crippen LogP contribution in [0.4, 0.5) is 0 Å². The van der Waals surface area contributed by atoms with Crippen LogP contribution in [0.5, 0.6) is 0 Å². The highest BCUT2D eigenvalue weighted by Crippen LogP contribution is 2.46. The number of halogens is 1. The molecule has 82 valence electrons. The highest BCUT2D eigenvalue weighted by Gasteiger charge is 2.40. The second-order valence-corrected chi connectivity index (χ2v) is 5.92. The van der Waals surface area contributed by atoms with Gasteiger partial charge in [-0.2, -0.15) is 0 Å². The van der Waals surface area contributed by atoms with Crippen LogP contribution in [0.15, 0.2) is 21.9 Å². The van der Waals surface area contributed by atoms with Gasteiger partial charge in [0.15, 0.2) is 0 Å². The molecule has 1 fully saturated rings. The first-order chi connectivity index (χ1) is 7.10. The van der Waals surface area contributed by atoms with E-state index >= 15 is 0 Å². The predicted octanol–water partition coefficient (Wildman–Crippen LogP) is 3.73. The Hall–Kier alpha value is 0.170. The lowest BCUT2D eigenvalue weighted by Gasteiger charge is -2.14. The number of benzene rings is 1. The van der Waals surface area contributed by atoms with E-state index in [1.807, 2.05) is 6.07 Å². The number of nitrogens with two attached hydrogens (primary N) is 1. The van der Waals surface area contributed by atoms with Gasteiger partial charge in [-0.25, -0.2) is 0 Å². The van der Waals surface area contributed by atoms with E-state index in [0.717, 1.165) is 22.8 Å². The molecule has 0 aliphatic heterocycles. The molecule has 1 aliphatic carbocycles. The zero-order valence-electron chi connectivity index (χ0n) is 8.84. The molecule has 0 unspecified atom stereocenters. The molecule has 0 bridgehead atoms. The zero-order valence-corrected chi connectivity index (χ0v) is 11.2. The molecule has 4 heteroatoms. The minimum absolute atomic E-state index is 0.0922. The standard InChI is InChI=1S/C11H14ClNS2/c1-14-9-6-7(11(13)3-4-11)5-8(12)10(9)15-2/h5-6H,3-4,13H2,1-2H3. The topological polar surface area (TPSA) is 26.0 Å². The van der Waals surface area contributed by atoms with Crippen LogP contribution in [0.25, 0.3) is 0 Å². The van der Waals surface area contributed by atoms with Gasteiger partial charge in [0.2, 0.25) is 0 Å². The lowest BCUT2D eigenvalue weighted by molar-refractivity contribution is 0.735. The van der Waals surface area contributed by atoms with Gasteiger partial charge in [-0.3, -0.25) is 0 Å². The Bertz CT molecular complexity index is 388. The SMILES string of the molecule is CSc1cc(C2(N)CC2)cc(Cl)c1SC. The first kappa shape index (κ1) is 11.6. The summed E-state index contributed by atoms with van der Waals surface area (Å²) in [4.78, 5) is 2.40. The maximum atomic E-state index is 6.26. The fourth-order valence-electron chi connectivity index (χ4n) is 1.63. The lowest BCUT2D eigenvalue weighted by atomic mass is 10.1. The molecular weight excluding hydrogens is 246 g/mol. The molecule has 1 nitrogen and oxygen atoms in total. The monoisotopic (exact) mass is 259 g/mol. The van der Waals surface area contributed by atoms with Crippen LogP contribution in [0.2, 0.25) is 5.02 Å². The van der Waals surface area contributed by atoms with Gasteiger partial charge in [-0.15, -0.1) is 23.5 Å². The van der Waals surface area contributed by atoms with Crippen molar-refractivity contribution in [1.82, 2.24) is 0 Å². The molecule has 1 aromatic rings. The van der Waals surface area contributed by atoms with E-state index in [1.54, 1.807) is 23.5 Å². The molecule has 15 heavy (non-hydrogen) atoms. The van der Waals surface area contributed by atoms with E-state index in [2.05, 4.69) is 18.6 Å². The van der Waals surface area contributed by atoms with E-state index in [4.69, 9.17) is 17.3 Å². The lowest BCUT2D eigenvalue weighted by Crippen LogP contribution is -2.18. The summed E-state index contributed by atoms with van der Waals surface area (Å²) >= 11 is 9.68. The van der Waals surface area contributed by atoms with Crippen LogP contribution in [-0.4, -0.2) is 12.5 Å². The number of rotatable bonds is 3. The van der Waals surface area contributed by atoms with E-state index in [9.17, 15) is 0 Å². The van der Waals surface area contributed by atoms with Crippen LogP contribution in [0.3, 0.4) is 0 Å². The van der Waals surface area contributed by atoms with Crippen molar-refractivity contribution < 1.29 is 0 Å². The summed E-state index contributed by atoms with van der Waals surface area (Å²) in [5, 5.41) is 0.834. The summed E-state index contributed by atoms with van der Waals surface area (Å²) in [5.74, 6) is 0. The average molecular weight is 260 g/mol. The normalized spacial score (nSPS) is 17.9. The largest absolute Gasteiger partial charge is 0.321 e. The van der Waals surface area contributed by atoms with Crippen LogP contribution in [0, 0.1) is 0 Å². The Morgan fingerprint density at radius 1 is 1.27 bits per heavy atom. The Balaban J connectivity index is 2.48. The number of hydrogen-bond acceptors (Lipinski definition) is 3. The van der Waals surface area contributed by atoms with Gasteiger partial charge in [0.05, 0.1) is 5.02 Å². The highest BCUT2D eigenvalue weighted by molar-refractivity contribution is 8.01. The van der Waals surface area contributed by atoms with Crippen molar-refractivity contribution >= 4 is 35.1 Å². The summed E-state index contributed by atoms with van der Waals surface area (Å²) in [7, 11) is 0. The molecule has 0 spiro atoms. The van der Waals surface area contributed by atoms with Gasteiger partial charge in [0.1, 0.15) is 0 Å². The van der Waals surface area contributed by atoms with Gasteiger partial charge in [-0.05, 0) is 43.0 Å². The number of thioether (sulfide) groups is 2. The molecule has 0 amide bonds. The predicted molar refractivity (Wildman–Crippen MR) is 70.1 cm³/mol. The highest BCUT2D eigenvalue weighted by atomic mass is 35.5. The van der Waals surface area contributed by atoms with Crippen LogP contribution < -0.4 is 5.73 Å². The minimum atomic E-state index is -0.0922. The van der Waals surface area contributed by atoms with Crippen molar-refractivity contribution in [3.05, 3.63) is 22.7 Å². The van der Waals surface area contributed by atoms with E-state index < -0.39 is 0 Å². The Morgan fingerprint density at radius 3 is 2.40 bits per heavy atom. The smallest absolute Gasteiger partial charge is 0.0556 e. The van der Waals surface area contributed by atoms with E-state index in [1.165, 1.54) is 10.5 Å². The number of hydrogen-bond donors (Lipinski definition) is 1. The van der Waals surface area contributed by atoms with Gasteiger partial charge >= 0.3 is 0 Å². The molecule has 0 radical (unpaired) electrons. The summed E-state index contributed by atoms with van der Waals surface area (Å²) in [6, 6.07) is 4.22. The summed E-state index contributed by atoms with van der Waals surface area (Å²) in [6.45, 7) is 0. The molecule has 0 saturated heterocycles. The van der Waals surface area contributed by atoms with Gasteiger partial charge in [0, 0.05) is 15.3 Å². The average Bonchev–Trinajstić information content (AvgIpc) is 2.96. The maximum Gasteiger partial charge on any atom is 0.0556 e. The summed E-state index contributed by atoms with van der Waals surface area (Å²) in [5.41, 5.74) is 7.27. The maximum absolute atomic E-state index is 6.26. The fourth-order valence-corrected chi connectivity index (χ4v) is 3.69. The second-order valence-electron chi connectivity index (χ2n) is 3.85. The van der Waals surface area contributed by atoms with Crippen molar-refractivity contribution in [1.29, 1.82) is 0 Å². The molecule has 0 heterocycles. The molecule has 2 N–H and O–H groups in total. The van der Waals surface area contributed by atoms with Crippen molar-refractivity contribution in [2.75, 3.05) is 12.5 Å². The third-order valence-corrected chi connectivity index (χ3v) is 4.95. The summed E-state index contributed by atoms with van der Waals surface area (Å²) < 4.78 is 0. The third kappa shape index (κ3) is 2.16. The molecule has 1 saturated carbocycles. The van der Waals surface area contributed by atoms with Gasteiger partial charge < -0.3 is 5.73 Å². The molecular formula is C11H14ClNS2. The van der Waals surface area contributed by atoms with Gasteiger partial charge in [-0.1, -0.05) is 11.6 Å². The minimum Gasteiger partial charge on any atom is -0.321 e. The first-order valence-corrected chi connectivity index (χ1v) is 7.64.